The summed E-state index contributed by atoms with van der Waals surface area (Å²) in [4.78, 5) is 19.1. The van der Waals surface area contributed by atoms with Gasteiger partial charge in [0.1, 0.15) is 5.65 Å². The Labute approximate surface area is 105 Å². The first-order valence-electron chi connectivity index (χ1n) is 5.18. The lowest BCUT2D eigenvalue weighted by Gasteiger charge is -2.14. The molecular weight excluding hydrogens is 263 g/mol. The van der Waals surface area contributed by atoms with Gasteiger partial charge in [-0.25, -0.2) is 10.8 Å². The van der Waals surface area contributed by atoms with Crippen molar-refractivity contribution in [2.24, 2.45) is 12.9 Å². The molecule has 0 unspecified atom stereocenters. The number of nitrogens with two attached hydrogens (primary N) is 1. The standard InChI is InChI=1S/C10H10F3N5O/c1-4-3-5(10(11,12)13)6-7(15-4)18(2)9(17-14)16-8(6)19/h3H,14H2,1-2H3,(H,16,17,19). The van der Waals surface area contributed by atoms with Gasteiger partial charge in [0.2, 0.25) is 5.95 Å². The van der Waals surface area contributed by atoms with Gasteiger partial charge in [-0.05, 0) is 13.0 Å². The van der Waals surface area contributed by atoms with Gasteiger partial charge in [-0.1, -0.05) is 0 Å². The number of rotatable bonds is 1. The zero-order valence-corrected chi connectivity index (χ0v) is 10.0. The van der Waals surface area contributed by atoms with Gasteiger partial charge in [0.25, 0.3) is 5.56 Å². The minimum atomic E-state index is -4.66. The smallest absolute Gasteiger partial charge is 0.298 e. The van der Waals surface area contributed by atoms with Crippen molar-refractivity contribution < 1.29 is 13.2 Å². The highest BCUT2D eigenvalue weighted by atomic mass is 19.4. The molecule has 0 aliphatic rings. The highest BCUT2D eigenvalue weighted by Crippen LogP contribution is 2.33. The summed E-state index contributed by atoms with van der Waals surface area (Å²) < 4.78 is 40.0. The average molecular weight is 273 g/mol. The van der Waals surface area contributed by atoms with Crippen molar-refractivity contribution in [3.63, 3.8) is 0 Å². The maximum absolute atomic E-state index is 12.9. The molecule has 2 aromatic heterocycles. The first-order chi connectivity index (χ1) is 8.75. The van der Waals surface area contributed by atoms with E-state index < -0.39 is 22.7 Å². The lowest BCUT2D eigenvalue weighted by Crippen LogP contribution is -2.24. The number of nitrogens with one attached hydrogen (secondary N) is 1. The number of nitrogens with zero attached hydrogens (tertiary/aromatic N) is 3. The average Bonchev–Trinajstić information content (AvgIpc) is 2.31. The van der Waals surface area contributed by atoms with Crippen LogP contribution in [0, 0.1) is 6.92 Å². The van der Waals surface area contributed by atoms with Crippen LogP contribution in [0.1, 0.15) is 11.3 Å². The van der Waals surface area contributed by atoms with Crippen LogP contribution in [0.3, 0.4) is 0 Å². The molecule has 0 amide bonds. The molecule has 6 nitrogen and oxygen atoms in total. The Morgan fingerprint density at radius 2 is 2.00 bits per heavy atom. The minimum absolute atomic E-state index is 0.0660. The Hall–Kier alpha value is -2.16. The van der Waals surface area contributed by atoms with E-state index in [0.29, 0.717) is 0 Å². The zero-order chi connectivity index (χ0) is 14.4. The third-order valence-electron chi connectivity index (χ3n) is 2.62. The third-order valence-corrected chi connectivity index (χ3v) is 2.62. The second-order valence-corrected chi connectivity index (χ2v) is 3.95. The molecule has 0 aliphatic carbocycles. The van der Waals surface area contributed by atoms with E-state index in [0.717, 1.165) is 6.07 Å². The quantitative estimate of drug-likeness (QED) is 0.596. The molecule has 3 N–H and O–H groups in total. The Morgan fingerprint density at radius 1 is 1.37 bits per heavy atom. The molecule has 0 radical (unpaired) electrons. The summed E-state index contributed by atoms with van der Waals surface area (Å²) >= 11 is 0. The third kappa shape index (κ3) is 2.12. The molecule has 2 heterocycles. The number of pyridine rings is 1. The summed E-state index contributed by atoms with van der Waals surface area (Å²) in [6.45, 7) is 1.41. The van der Waals surface area contributed by atoms with E-state index in [4.69, 9.17) is 5.84 Å². The van der Waals surface area contributed by atoms with Gasteiger partial charge in [0.15, 0.2) is 0 Å². The van der Waals surface area contributed by atoms with Crippen molar-refractivity contribution in [2.75, 3.05) is 5.43 Å². The van der Waals surface area contributed by atoms with Crippen LogP contribution in [-0.2, 0) is 13.2 Å². The molecule has 0 atom stereocenters. The number of hydrogen-bond acceptors (Lipinski definition) is 5. The maximum atomic E-state index is 12.9. The highest BCUT2D eigenvalue weighted by Gasteiger charge is 2.35. The van der Waals surface area contributed by atoms with Crippen LogP contribution in [0.4, 0.5) is 19.1 Å². The van der Waals surface area contributed by atoms with Crippen LogP contribution in [0.2, 0.25) is 0 Å². The van der Waals surface area contributed by atoms with E-state index in [1.165, 1.54) is 18.5 Å². The molecule has 0 saturated carbocycles. The van der Waals surface area contributed by atoms with Gasteiger partial charge < -0.3 is 0 Å². The second-order valence-electron chi connectivity index (χ2n) is 3.95. The summed E-state index contributed by atoms with van der Waals surface area (Å²) in [5.41, 5.74) is 0.0780. The number of fused-ring (bicyclic) bond motifs is 1. The van der Waals surface area contributed by atoms with E-state index in [1.54, 1.807) is 0 Å². The molecule has 2 rings (SSSR count). The van der Waals surface area contributed by atoms with Gasteiger partial charge in [-0.3, -0.25) is 14.8 Å². The Balaban J connectivity index is 3.02. The SMILES string of the molecule is Cc1cc(C(F)(F)F)c2c(=O)nc(NN)n(C)c2n1. The van der Waals surface area contributed by atoms with Gasteiger partial charge >= 0.3 is 6.18 Å². The topological polar surface area (TPSA) is 85.8 Å². The van der Waals surface area contributed by atoms with Crippen molar-refractivity contribution in [1.29, 1.82) is 0 Å². The summed E-state index contributed by atoms with van der Waals surface area (Å²) in [7, 11) is 1.41. The predicted octanol–water partition coefficient (Wildman–Crippen LogP) is 0.941. The second kappa shape index (κ2) is 4.19. The molecule has 102 valence electrons. The molecule has 0 spiro atoms. The first-order valence-corrected chi connectivity index (χ1v) is 5.18. The number of hydrogen-bond donors (Lipinski definition) is 2. The van der Waals surface area contributed by atoms with Crippen LogP contribution >= 0.6 is 0 Å². The van der Waals surface area contributed by atoms with Gasteiger partial charge in [0, 0.05) is 12.7 Å². The Bertz CT molecular complexity index is 707. The molecule has 19 heavy (non-hydrogen) atoms. The minimum Gasteiger partial charge on any atom is -0.298 e. The van der Waals surface area contributed by atoms with E-state index in [-0.39, 0.29) is 17.3 Å². The number of halogens is 3. The molecule has 0 bridgehead atoms. The van der Waals surface area contributed by atoms with E-state index >= 15 is 0 Å². The van der Waals surface area contributed by atoms with Crippen molar-refractivity contribution in [1.82, 2.24) is 14.5 Å². The molecular formula is C10H10F3N5O. The van der Waals surface area contributed by atoms with Crippen LogP contribution in [0.25, 0.3) is 11.0 Å². The number of hydrazine groups is 1. The van der Waals surface area contributed by atoms with Crippen molar-refractivity contribution in [2.45, 2.75) is 13.1 Å². The number of alkyl halides is 3. The van der Waals surface area contributed by atoms with Crippen LogP contribution in [0.15, 0.2) is 10.9 Å². The highest BCUT2D eigenvalue weighted by molar-refractivity contribution is 5.80. The number of aromatic nitrogens is 3. The van der Waals surface area contributed by atoms with Gasteiger partial charge in [0.05, 0.1) is 10.9 Å². The van der Waals surface area contributed by atoms with Crippen LogP contribution < -0.4 is 16.8 Å². The summed E-state index contributed by atoms with van der Waals surface area (Å²) in [6, 6.07) is 0.820. The van der Waals surface area contributed by atoms with Crippen molar-refractivity contribution >= 4 is 17.0 Å². The van der Waals surface area contributed by atoms with E-state index in [9.17, 15) is 18.0 Å². The molecule has 0 aromatic carbocycles. The van der Waals surface area contributed by atoms with Crippen molar-refractivity contribution in [3.8, 4) is 0 Å². The Kier molecular flexibility index (Phi) is 2.93. The fourth-order valence-corrected chi connectivity index (χ4v) is 1.79. The van der Waals surface area contributed by atoms with E-state index in [1.807, 2.05) is 0 Å². The Morgan fingerprint density at radius 3 is 2.53 bits per heavy atom. The normalized spacial score (nSPS) is 11.9. The van der Waals surface area contributed by atoms with Crippen molar-refractivity contribution in [3.05, 3.63) is 27.7 Å². The lowest BCUT2D eigenvalue weighted by atomic mass is 10.1. The lowest BCUT2D eigenvalue weighted by molar-refractivity contribution is -0.136. The first kappa shape index (κ1) is 13.3. The fourth-order valence-electron chi connectivity index (χ4n) is 1.79. The molecule has 0 saturated heterocycles. The molecule has 0 aliphatic heterocycles. The zero-order valence-electron chi connectivity index (χ0n) is 10.0. The summed E-state index contributed by atoms with van der Waals surface area (Å²) in [6.07, 6.45) is -4.66. The number of nitrogen functional groups attached to an aromatic ring is 1. The maximum Gasteiger partial charge on any atom is 0.417 e. The fraction of sp³-hybridized carbons (Fsp3) is 0.300. The summed E-state index contributed by atoms with van der Waals surface area (Å²) in [5.74, 6) is 5.08. The van der Waals surface area contributed by atoms with Gasteiger partial charge in [-0.15, -0.1) is 0 Å². The van der Waals surface area contributed by atoms with Crippen LogP contribution in [-0.4, -0.2) is 14.5 Å². The predicted molar refractivity (Wildman–Crippen MR) is 62.3 cm³/mol. The molecule has 2 aromatic rings. The summed E-state index contributed by atoms with van der Waals surface area (Å²) in [5, 5.41) is -0.570. The van der Waals surface area contributed by atoms with Crippen LogP contribution in [0.5, 0.6) is 0 Å². The molecule has 0 fully saturated rings. The molecule has 9 heteroatoms. The number of aryl methyl sites for hydroxylation is 2. The largest absolute Gasteiger partial charge is 0.417 e. The van der Waals surface area contributed by atoms with Gasteiger partial charge in [-0.2, -0.15) is 18.2 Å². The number of anilines is 1. The monoisotopic (exact) mass is 273 g/mol. The van der Waals surface area contributed by atoms with E-state index in [2.05, 4.69) is 15.4 Å².